The van der Waals surface area contributed by atoms with Gasteiger partial charge in [-0.15, -0.1) is 0 Å². The second kappa shape index (κ2) is 3.53. The highest BCUT2D eigenvalue weighted by molar-refractivity contribution is 5.06. The number of aromatic nitrogens is 2. The van der Waals surface area contributed by atoms with Crippen LogP contribution in [0.25, 0.3) is 0 Å². The average molecular weight is 223 g/mol. The van der Waals surface area contributed by atoms with E-state index < -0.39 is 5.60 Å². The van der Waals surface area contributed by atoms with Gasteiger partial charge in [-0.1, -0.05) is 12.1 Å². The topological polar surface area (TPSA) is 62.4 Å². The van der Waals surface area contributed by atoms with Gasteiger partial charge in [0.1, 0.15) is 0 Å². The van der Waals surface area contributed by atoms with Crippen LogP contribution >= 0.6 is 0 Å². The largest absolute Gasteiger partial charge is 0.387 e. The van der Waals surface area contributed by atoms with Gasteiger partial charge in [0.15, 0.2) is 5.82 Å². The van der Waals surface area contributed by atoms with Crippen molar-refractivity contribution in [2.45, 2.75) is 38.3 Å². The Morgan fingerprint density at radius 2 is 2.25 bits per heavy atom. The average Bonchev–Trinajstić information content (AvgIpc) is 2.98. The summed E-state index contributed by atoms with van der Waals surface area (Å²) < 4.78 is 5.04. The van der Waals surface area contributed by atoms with Gasteiger partial charge < -0.3 is 9.63 Å². The molecule has 0 radical (unpaired) electrons. The van der Waals surface area contributed by atoms with E-state index in [1.54, 1.807) is 0 Å². The molecule has 0 bridgehead atoms. The molecule has 0 aromatic carbocycles. The minimum Gasteiger partial charge on any atom is -0.387 e. The number of aliphatic hydroxyl groups is 1. The van der Waals surface area contributed by atoms with Crippen LogP contribution in [0.15, 0.2) is 4.52 Å². The molecule has 1 N–H and O–H groups in total. The van der Waals surface area contributed by atoms with E-state index in [0.29, 0.717) is 18.4 Å². The van der Waals surface area contributed by atoms with Crippen LogP contribution in [0.5, 0.6) is 0 Å². The van der Waals surface area contributed by atoms with Crippen molar-refractivity contribution in [3.05, 3.63) is 11.7 Å². The molecular formula is C11H17N3O2. The Kier molecular flexibility index (Phi) is 2.26. The van der Waals surface area contributed by atoms with Crippen LogP contribution in [-0.2, 0) is 13.0 Å². The minimum atomic E-state index is -0.419. The molecule has 88 valence electrons. The molecule has 5 nitrogen and oxygen atoms in total. The molecule has 1 saturated carbocycles. The van der Waals surface area contributed by atoms with E-state index in [-0.39, 0.29) is 0 Å². The lowest BCUT2D eigenvalue weighted by atomic mass is 9.89. The number of hydrogen-bond acceptors (Lipinski definition) is 5. The molecule has 16 heavy (non-hydrogen) atoms. The van der Waals surface area contributed by atoms with Gasteiger partial charge in [0.25, 0.3) is 0 Å². The van der Waals surface area contributed by atoms with Gasteiger partial charge in [0.05, 0.1) is 12.1 Å². The first-order chi connectivity index (χ1) is 7.69. The number of nitrogens with zero attached hydrogens (tertiary/aromatic N) is 3. The number of β-amino-alcohol motifs (C(OH)–C–C–N with tert-alkyl or cyclic N) is 1. The van der Waals surface area contributed by atoms with Crippen LogP contribution in [0.4, 0.5) is 0 Å². The lowest BCUT2D eigenvalue weighted by Crippen LogP contribution is -2.62. The van der Waals surface area contributed by atoms with Crippen molar-refractivity contribution in [3.63, 3.8) is 0 Å². The van der Waals surface area contributed by atoms with Crippen molar-refractivity contribution in [3.8, 4) is 0 Å². The molecule has 1 aliphatic carbocycles. The Balaban J connectivity index is 1.53. The zero-order valence-corrected chi connectivity index (χ0v) is 9.52. The Bertz CT molecular complexity index is 380. The van der Waals surface area contributed by atoms with Crippen LogP contribution in [0, 0.1) is 5.92 Å². The summed E-state index contributed by atoms with van der Waals surface area (Å²) in [6.07, 6.45) is 3.15. The summed E-state index contributed by atoms with van der Waals surface area (Å²) >= 11 is 0. The van der Waals surface area contributed by atoms with Crippen molar-refractivity contribution in [1.82, 2.24) is 15.0 Å². The van der Waals surface area contributed by atoms with Crippen molar-refractivity contribution in [2.75, 3.05) is 13.1 Å². The molecular weight excluding hydrogens is 206 g/mol. The first kappa shape index (κ1) is 10.2. The summed E-state index contributed by atoms with van der Waals surface area (Å²) in [5.41, 5.74) is -0.419. The molecule has 0 amide bonds. The molecule has 0 spiro atoms. The van der Waals surface area contributed by atoms with Crippen LogP contribution in [-0.4, -0.2) is 38.8 Å². The quantitative estimate of drug-likeness (QED) is 0.809. The maximum atomic E-state index is 10.1. The number of hydrogen-bond donors (Lipinski definition) is 1. The zero-order chi connectivity index (χ0) is 11.2. The Hall–Kier alpha value is -0.940. The summed E-state index contributed by atoms with van der Waals surface area (Å²) in [5, 5.41) is 14.1. The summed E-state index contributed by atoms with van der Waals surface area (Å²) in [4.78, 5) is 6.43. The van der Waals surface area contributed by atoms with Gasteiger partial charge in [-0.3, -0.25) is 4.90 Å². The lowest BCUT2D eigenvalue weighted by molar-refractivity contribution is -0.117. The van der Waals surface area contributed by atoms with E-state index in [2.05, 4.69) is 15.0 Å². The summed E-state index contributed by atoms with van der Waals surface area (Å²) in [7, 11) is 0. The van der Waals surface area contributed by atoms with E-state index in [0.717, 1.165) is 25.3 Å². The molecule has 2 fully saturated rings. The van der Waals surface area contributed by atoms with E-state index in [1.807, 2.05) is 6.92 Å². The minimum absolute atomic E-state index is 0.419. The Morgan fingerprint density at radius 3 is 2.81 bits per heavy atom. The standard InChI is InChI=1S/C11H17N3O2/c1-2-10-12-9(13-16-10)5-14-6-11(15,7-14)8-3-4-8/h8,15H,2-7H2,1H3. The molecule has 1 aromatic heterocycles. The first-order valence-electron chi connectivity index (χ1n) is 5.96. The molecule has 3 rings (SSSR count). The second-order valence-corrected chi connectivity index (χ2v) is 4.98. The van der Waals surface area contributed by atoms with Gasteiger partial charge >= 0.3 is 0 Å². The van der Waals surface area contributed by atoms with Crippen LogP contribution in [0.1, 0.15) is 31.5 Å². The highest BCUT2D eigenvalue weighted by Crippen LogP contribution is 2.44. The van der Waals surface area contributed by atoms with Crippen molar-refractivity contribution in [1.29, 1.82) is 0 Å². The SMILES string of the molecule is CCc1nc(CN2CC(O)(C3CC3)C2)no1. The van der Waals surface area contributed by atoms with Crippen LogP contribution in [0.3, 0.4) is 0 Å². The normalized spacial score (nSPS) is 24.4. The smallest absolute Gasteiger partial charge is 0.226 e. The predicted octanol–water partition coefficient (Wildman–Crippen LogP) is 0.589. The zero-order valence-electron chi connectivity index (χ0n) is 9.52. The molecule has 2 aliphatic rings. The van der Waals surface area contributed by atoms with Gasteiger partial charge in [-0.2, -0.15) is 4.98 Å². The van der Waals surface area contributed by atoms with Gasteiger partial charge in [0, 0.05) is 19.5 Å². The molecule has 0 unspecified atom stereocenters. The van der Waals surface area contributed by atoms with E-state index >= 15 is 0 Å². The fraction of sp³-hybridized carbons (Fsp3) is 0.818. The van der Waals surface area contributed by atoms with E-state index in [4.69, 9.17) is 4.52 Å². The number of aryl methyl sites for hydroxylation is 1. The fourth-order valence-electron chi connectivity index (χ4n) is 2.42. The Labute approximate surface area is 94.4 Å². The van der Waals surface area contributed by atoms with E-state index in [9.17, 15) is 5.11 Å². The summed E-state index contributed by atoms with van der Waals surface area (Å²) in [5.74, 6) is 1.96. The maximum absolute atomic E-state index is 10.1. The Morgan fingerprint density at radius 1 is 1.50 bits per heavy atom. The first-order valence-corrected chi connectivity index (χ1v) is 5.96. The van der Waals surface area contributed by atoms with E-state index in [1.165, 1.54) is 12.8 Å². The molecule has 1 aromatic rings. The van der Waals surface area contributed by atoms with Crippen molar-refractivity contribution >= 4 is 0 Å². The van der Waals surface area contributed by atoms with Gasteiger partial charge in [-0.25, -0.2) is 0 Å². The number of likely N-dealkylation sites (tertiary alicyclic amines) is 1. The predicted molar refractivity (Wildman–Crippen MR) is 56.6 cm³/mol. The molecule has 0 atom stereocenters. The van der Waals surface area contributed by atoms with Gasteiger partial charge in [0.2, 0.25) is 5.89 Å². The van der Waals surface area contributed by atoms with Crippen LogP contribution < -0.4 is 0 Å². The van der Waals surface area contributed by atoms with Gasteiger partial charge in [-0.05, 0) is 18.8 Å². The third-order valence-corrected chi connectivity index (χ3v) is 3.51. The second-order valence-electron chi connectivity index (χ2n) is 4.98. The third-order valence-electron chi connectivity index (χ3n) is 3.51. The maximum Gasteiger partial charge on any atom is 0.226 e. The van der Waals surface area contributed by atoms with Crippen LogP contribution in [0.2, 0.25) is 0 Å². The molecule has 5 heteroatoms. The monoisotopic (exact) mass is 223 g/mol. The third kappa shape index (κ3) is 1.74. The summed E-state index contributed by atoms with van der Waals surface area (Å²) in [6.45, 7) is 4.20. The number of rotatable bonds is 4. The molecule has 2 heterocycles. The van der Waals surface area contributed by atoms with Crippen molar-refractivity contribution in [2.24, 2.45) is 5.92 Å². The van der Waals surface area contributed by atoms with Crippen molar-refractivity contribution < 1.29 is 9.63 Å². The summed E-state index contributed by atoms with van der Waals surface area (Å²) in [6, 6.07) is 0. The molecule has 1 saturated heterocycles. The highest BCUT2D eigenvalue weighted by atomic mass is 16.5. The lowest BCUT2D eigenvalue weighted by Gasteiger charge is -2.46. The fourth-order valence-corrected chi connectivity index (χ4v) is 2.42. The highest BCUT2D eigenvalue weighted by Gasteiger charge is 2.51. The molecule has 1 aliphatic heterocycles.